The molecule has 0 saturated heterocycles. The van der Waals surface area contributed by atoms with E-state index in [1.165, 1.54) is 0 Å². The predicted octanol–water partition coefficient (Wildman–Crippen LogP) is 0.0557. The first-order valence-corrected chi connectivity index (χ1v) is 6.42. The molecule has 2 aromatic heterocycles. The van der Waals surface area contributed by atoms with E-state index in [-0.39, 0.29) is 18.1 Å². The maximum absolute atomic E-state index is 12.1. The van der Waals surface area contributed by atoms with Gasteiger partial charge in [-0.1, -0.05) is 17.0 Å². The van der Waals surface area contributed by atoms with Crippen LogP contribution in [0.3, 0.4) is 0 Å². The van der Waals surface area contributed by atoms with Gasteiger partial charge in [0.15, 0.2) is 5.82 Å². The van der Waals surface area contributed by atoms with E-state index in [0.717, 1.165) is 0 Å². The summed E-state index contributed by atoms with van der Waals surface area (Å²) in [7, 11) is 0. The lowest BCUT2D eigenvalue weighted by Crippen LogP contribution is -2.27. The summed E-state index contributed by atoms with van der Waals surface area (Å²) in [6, 6.07) is 3.45. The van der Waals surface area contributed by atoms with Crippen LogP contribution in [0.5, 0.6) is 0 Å². The van der Waals surface area contributed by atoms with Gasteiger partial charge in [-0.15, -0.1) is 0 Å². The molecule has 0 aliphatic rings. The fraction of sp³-hybridized carbons (Fsp3) is 0.286. The molecule has 7 nitrogen and oxygen atoms in total. The number of nitrogens with one attached hydrogen (secondary N) is 1. The van der Waals surface area contributed by atoms with Crippen molar-refractivity contribution in [3.63, 3.8) is 0 Å². The molecule has 3 N–H and O–H groups in total. The highest BCUT2D eigenvalue weighted by Crippen LogP contribution is 2.03. The quantitative estimate of drug-likeness (QED) is 0.769. The third kappa shape index (κ3) is 4.12. The molecule has 2 heterocycles. The van der Waals surface area contributed by atoms with E-state index in [0.29, 0.717) is 30.2 Å². The number of aromatic nitrogens is 3. The van der Waals surface area contributed by atoms with Gasteiger partial charge >= 0.3 is 0 Å². The normalized spacial score (nSPS) is 9.81. The molecule has 0 atom stereocenters. The van der Waals surface area contributed by atoms with E-state index in [4.69, 9.17) is 10.3 Å². The standard InChI is InChI=1S/C14H15N5O2/c1-10-18-12(21-19-10)6-9-17-14(20)13-11(4-2-7-15)5-3-8-16-13/h3,5,8H,6-7,9,15H2,1H3,(H,17,20). The van der Waals surface area contributed by atoms with E-state index in [1.807, 2.05) is 0 Å². The van der Waals surface area contributed by atoms with Crippen LogP contribution < -0.4 is 11.1 Å². The monoisotopic (exact) mass is 285 g/mol. The Hall–Kier alpha value is -2.72. The Balaban J connectivity index is 1.97. The number of rotatable bonds is 4. The van der Waals surface area contributed by atoms with Crippen molar-refractivity contribution >= 4 is 5.91 Å². The molecule has 0 aliphatic carbocycles. The molecule has 2 rings (SSSR count). The lowest BCUT2D eigenvalue weighted by atomic mass is 10.2. The maximum Gasteiger partial charge on any atom is 0.271 e. The van der Waals surface area contributed by atoms with Crippen molar-refractivity contribution in [2.24, 2.45) is 5.73 Å². The average molecular weight is 285 g/mol. The fourth-order valence-electron chi connectivity index (χ4n) is 1.64. The van der Waals surface area contributed by atoms with Crippen LogP contribution in [0.1, 0.15) is 27.8 Å². The van der Waals surface area contributed by atoms with Gasteiger partial charge in [-0.25, -0.2) is 4.98 Å². The third-order valence-electron chi connectivity index (χ3n) is 2.54. The molecule has 0 bridgehead atoms. The van der Waals surface area contributed by atoms with E-state index in [1.54, 1.807) is 25.3 Å². The van der Waals surface area contributed by atoms with Crippen LogP contribution in [0.2, 0.25) is 0 Å². The van der Waals surface area contributed by atoms with Crippen LogP contribution in [-0.4, -0.2) is 34.1 Å². The first-order chi connectivity index (χ1) is 10.2. The highest BCUT2D eigenvalue weighted by atomic mass is 16.5. The minimum Gasteiger partial charge on any atom is -0.350 e. The molecule has 7 heteroatoms. The Labute approximate surface area is 121 Å². The molecule has 0 saturated carbocycles. The number of hydrogen-bond acceptors (Lipinski definition) is 6. The summed E-state index contributed by atoms with van der Waals surface area (Å²) in [5.41, 5.74) is 6.16. The Morgan fingerprint density at radius 3 is 3.10 bits per heavy atom. The molecular weight excluding hydrogens is 270 g/mol. The smallest absolute Gasteiger partial charge is 0.271 e. The highest BCUT2D eigenvalue weighted by Gasteiger charge is 2.11. The zero-order chi connectivity index (χ0) is 15.1. The van der Waals surface area contributed by atoms with Crippen LogP contribution >= 0.6 is 0 Å². The van der Waals surface area contributed by atoms with Gasteiger partial charge in [0.1, 0.15) is 5.69 Å². The number of nitrogens with zero attached hydrogens (tertiary/aromatic N) is 3. The molecule has 0 aromatic carbocycles. The van der Waals surface area contributed by atoms with Crippen LogP contribution in [0.15, 0.2) is 22.9 Å². The topological polar surface area (TPSA) is 107 Å². The molecule has 0 aliphatic heterocycles. The maximum atomic E-state index is 12.1. The van der Waals surface area contributed by atoms with Crippen LogP contribution in [-0.2, 0) is 6.42 Å². The van der Waals surface area contributed by atoms with Crippen LogP contribution in [0.4, 0.5) is 0 Å². The molecule has 1 amide bonds. The Morgan fingerprint density at radius 1 is 1.52 bits per heavy atom. The van der Waals surface area contributed by atoms with E-state index in [2.05, 4.69) is 32.3 Å². The molecule has 0 spiro atoms. The summed E-state index contributed by atoms with van der Waals surface area (Å²) in [6.07, 6.45) is 2.01. The van der Waals surface area contributed by atoms with Crippen molar-refractivity contribution in [1.82, 2.24) is 20.4 Å². The zero-order valence-electron chi connectivity index (χ0n) is 11.6. The lowest BCUT2D eigenvalue weighted by molar-refractivity contribution is 0.0948. The molecule has 21 heavy (non-hydrogen) atoms. The molecule has 0 fully saturated rings. The summed E-state index contributed by atoms with van der Waals surface area (Å²) < 4.78 is 4.96. The molecule has 2 aromatic rings. The highest BCUT2D eigenvalue weighted by molar-refractivity contribution is 5.94. The van der Waals surface area contributed by atoms with Gasteiger partial charge in [0, 0.05) is 19.2 Å². The predicted molar refractivity (Wildman–Crippen MR) is 75.2 cm³/mol. The lowest BCUT2D eigenvalue weighted by Gasteiger charge is -2.04. The number of carbonyl (C=O) groups excluding carboxylic acids is 1. The Bertz CT molecular complexity index is 684. The number of pyridine rings is 1. The summed E-state index contributed by atoms with van der Waals surface area (Å²) in [6.45, 7) is 2.34. The second kappa shape index (κ2) is 7.17. The van der Waals surface area contributed by atoms with Crippen molar-refractivity contribution in [2.75, 3.05) is 13.1 Å². The minimum absolute atomic E-state index is 0.229. The fourth-order valence-corrected chi connectivity index (χ4v) is 1.64. The van der Waals surface area contributed by atoms with Crippen molar-refractivity contribution in [3.05, 3.63) is 41.3 Å². The van der Waals surface area contributed by atoms with Gasteiger partial charge in [-0.3, -0.25) is 4.79 Å². The van der Waals surface area contributed by atoms with Gasteiger partial charge in [-0.2, -0.15) is 4.98 Å². The third-order valence-corrected chi connectivity index (χ3v) is 2.54. The van der Waals surface area contributed by atoms with Gasteiger partial charge in [0.25, 0.3) is 5.91 Å². The summed E-state index contributed by atoms with van der Waals surface area (Å²) in [4.78, 5) is 20.2. The van der Waals surface area contributed by atoms with Crippen molar-refractivity contribution in [2.45, 2.75) is 13.3 Å². The van der Waals surface area contributed by atoms with Crippen LogP contribution in [0.25, 0.3) is 0 Å². The zero-order valence-corrected chi connectivity index (χ0v) is 11.6. The number of nitrogens with two attached hydrogens (primary N) is 1. The Morgan fingerprint density at radius 2 is 2.38 bits per heavy atom. The van der Waals surface area contributed by atoms with E-state index in [9.17, 15) is 4.79 Å². The van der Waals surface area contributed by atoms with Crippen LogP contribution in [0, 0.1) is 18.8 Å². The van der Waals surface area contributed by atoms with Crippen molar-refractivity contribution in [1.29, 1.82) is 0 Å². The second-order valence-electron chi connectivity index (χ2n) is 4.15. The second-order valence-corrected chi connectivity index (χ2v) is 4.15. The summed E-state index contributed by atoms with van der Waals surface area (Å²) >= 11 is 0. The SMILES string of the molecule is Cc1noc(CCNC(=O)c2ncccc2C#CCN)n1. The van der Waals surface area contributed by atoms with E-state index >= 15 is 0 Å². The molecular formula is C14H15N5O2. The molecule has 108 valence electrons. The van der Waals surface area contributed by atoms with Crippen molar-refractivity contribution in [3.8, 4) is 11.8 Å². The summed E-state index contributed by atoms with van der Waals surface area (Å²) in [5, 5.41) is 6.42. The Kier molecular flexibility index (Phi) is 5.01. The first kappa shape index (κ1) is 14.7. The van der Waals surface area contributed by atoms with Gasteiger partial charge < -0.3 is 15.6 Å². The largest absolute Gasteiger partial charge is 0.350 e. The average Bonchev–Trinajstić information content (AvgIpc) is 2.91. The number of amides is 1. The van der Waals surface area contributed by atoms with Crippen molar-refractivity contribution < 1.29 is 9.32 Å². The number of hydrogen-bond donors (Lipinski definition) is 2. The molecule has 0 radical (unpaired) electrons. The first-order valence-electron chi connectivity index (χ1n) is 6.42. The number of aryl methyl sites for hydroxylation is 1. The van der Waals surface area contributed by atoms with Gasteiger partial charge in [0.05, 0.1) is 12.1 Å². The number of carbonyl (C=O) groups is 1. The summed E-state index contributed by atoms with van der Waals surface area (Å²) in [5.74, 6) is 6.29. The van der Waals surface area contributed by atoms with Gasteiger partial charge in [0.2, 0.25) is 5.89 Å². The molecule has 0 unspecified atom stereocenters. The van der Waals surface area contributed by atoms with Gasteiger partial charge in [-0.05, 0) is 19.1 Å². The minimum atomic E-state index is -0.298. The van der Waals surface area contributed by atoms with E-state index < -0.39 is 0 Å².